The van der Waals surface area contributed by atoms with Crippen molar-refractivity contribution in [2.24, 2.45) is 11.8 Å². The predicted octanol–water partition coefficient (Wildman–Crippen LogP) is 3.71. The van der Waals surface area contributed by atoms with Gasteiger partial charge in [-0.3, -0.25) is 4.79 Å². The molecule has 0 aliphatic carbocycles. The molecule has 1 aliphatic heterocycles. The Morgan fingerprint density at radius 1 is 1.29 bits per heavy atom. The number of nitrogens with one attached hydrogen (secondary N) is 1. The minimum absolute atomic E-state index is 0.158. The molecule has 1 aliphatic rings. The number of carboxylic acid groups (broad SMARTS) is 1. The van der Waals surface area contributed by atoms with Crippen molar-refractivity contribution in [2.75, 3.05) is 18.4 Å². The zero-order valence-electron chi connectivity index (χ0n) is 16.7. The number of benzene rings is 1. The summed E-state index contributed by atoms with van der Waals surface area (Å²) in [5, 5.41) is 16.8. The van der Waals surface area contributed by atoms with Crippen LogP contribution in [0.1, 0.15) is 37.9 Å². The number of aryl methyl sites for hydroxylation is 1. The maximum atomic E-state index is 12.8. The number of carboxylic acids is 1. The van der Waals surface area contributed by atoms with E-state index < -0.39 is 11.9 Å². The van der Waals surface area contributed by atoms with Gasteiger partial charge in [-0.15, -0.1) is 0 Å². The SMILES string of the molecule is CCCc1c(NC(=O)N2CC(C)CC(C(=O)O)C2)cnn1-c1ccccc1C. The second-order valence-corrected chi connectivity index (χ2v) is 7.66. The molecule has 0 saturated carbocycles. The Hall–Kier alpha value is -2.83. The number of carbonyl (C=O) groups excluding carboxylic acids is 1. The molecule has 7 heteroatoms. The first-order valence-corrected chi connectivity index (χ1v) is 9.82. The standard InChI is InChI=1S/C21H28N4O3/c1-4-7-19-17(11-22-25(19)18-9-6-5-8-15(18)3)23-21(28)24-12-14(2)10-16(13-24)20(26)27/h5-6,8-9,11,14,16H,4,7,10,12-13H2,1-3H3,(H,23,28)(H,26,27). The zero-order valence-corrected chi connectivity index (χ0v) is 16.7. The maximum Gasteiger partial charge on any atom is 0.321 e. The highest BCUT2D eigenvalue weighted by atomic mass is 16.4. The van der Waals surface area contributed by atoms with Gasteiger partial charge >= 0.3 is 12.0 Å². The fourth-order valence-corrected chi connectivity index (χ4v) is 3.85. The Morgan fingerprint density at radius 2 is 2.04 bits per heavy atom. The third-order valence-corrected chi connectivity index (χ3v) is 5.24. The third kappa shape index (κ3) is 4.18. The number of rotatable bonds is 5. The summed E-state index contributed by atoms with van der Waals surface area (Å²) in [5.41, 5.74) is 3.73. The van der Waals surface area contributed by atoms with Crippen LogP contribution in [0.25, 0.3) is 5.69 Å². The normalized spacial score (nSPS) is 19.5. The van der Waals surface area contributed by atoms with Crippen LogP contribution < -0.4 is 5.32 Å². The highest BCUT2D eigenvalue weighted by Crippen LogP contribution is 2.25. The van der Waals surface area contributed by atoms with Crippen molar-refractivity contribution < 1.29 is 14.7 Å². The van der Waals surface area contributed by atoms with Crippen LogP contribution in [-0.2, 0) is 11.2 Å². The lowest BCUT2D eigenvalue weighted by Crippen LogP contribution is -2.47. The fraction of sp³-hybridized carbons (Fsp3) is 0.476. The lowest BCUT2D eigenvalue weighted by atomic mass is 9.91. The number of para-hydroxylation sites is 1. The van der Waals surface area contributed by atoms with Gasteiger partial charge in [-0.25, -0.2) is 9.48 Å². The van der Waals surface area contributed by atoms with Crippen LogP contribution in [-0.4, -0.2) is 44.9 Å². The summed E-state index contributed by atoms with van der Waals surface area (Å²) in [4.78, 5) is 25.8. The quantitative estimate of drug-likeness (QED) is 0.823. The van der Waals surface area contributed by atoms with Gasteiger partial charge in [0, 0.05) is 13.1 Å². The highest BCUT2D eigenvalue weighted by molar-refractivity contribution is 5.90. The van der Waals surface area contributed by atoms with Crippen molar-refractivity contribution in [3.05, 3.63) is 41.7 Å². The van der Waals surface area contributed by atoms with Gasteiger partial charge in [-0.2, -0.15) is 5.10 Å². The Bertz CT molecular complexity index is 861. The van der Waals surface area contributed by atoms with E-state index in [0.717, 1.165) is 29.8 Å². The average molecular weight is 384 g/mol. The molecule has 0 bridgehead atoms. The van der Waals surface area contributed by atoms with Crippen LogP contribution in [0.15, 0.2) is 30.5 Å². The first-order chi connectivity index (χ1) is 13.4. The second kappa shape index (κ2) is 8.46. The zero-order chi connectivity index (χ0) is 20.3. The van der Waals surface area contributed by atoms with Gasteiger partial charge in [0.05, 0.1) is 29.2 Å². The molecule has 0 spiro atoms. The Balaban J connectivity index is 1.83. The van der Waals surface area contributed by atoms with E-state index in [1.807, 2.05) is 42.8 Å². The van der Waals surface area contributed by atoms with E-state index in [1.165, 1.54) is 0 Å². The van der Waals surface area contributed by atoms with Gasteiger partial charge in [-0.05, 0) is 37.3 Å². The molecule has 1 aromatic carbocycles. The van der Waals surface area contributed by atoms with Gasteiger partial charge in [0.15, 0.2) is 0 Å². The Kier molecular flexibility index (Phi) is 6.02. The molecular formula is C21H28N4O3. The number of aliphatic carboxylic acids is 1. The number of hydrogen-bond acceptors (Lipinski definition) is 3. The molecule has 1 aromatic heterocycles. The van der Waals surface area contributed by atoms with E-state index in [2.05, 4.69) is 17.3 Å². The van der Waals surface area contributed by atoms with Crippen LogP contribution in [0.4, 0.5) is 10.5 Å². The van der Waals surface area contributed by atoms with E-state index >= 15 is 0 Å². The molecule has 2 heterocycles. The summed E-state index contributed by atoms with van der Waals surface area (Å²) in [6, 6.07) is 7.74. The largest absolute Gasteiger partial charge is 0.481 e. The summed E-state index contributed by atoms with van der Waals surface area (Å²) in [5.74, 6) is -1.20. The minimum Gasteiger partial charge on any atom is -0.481 e. The first-order valence-electron chi connectivity index (χ1n) is 9.82. The average Bonchev–Trinajstić information content (AvgIpc) is 3.04. The molecule has 1 fully saturated rings. The molecular weight excluding hydrogens is 356 g/mol. The number of anilines is 1. The van der Waals surface area contributed by atoms with E-state index in [4.69, 9.17) is 0 Å². The summed E-state index contributed by atoms with van der Waals surface area (Å²) < 4.78 is 1.88. The van der Waals surface area contributed by atoms with E-state index in [-0.39, 0.29) is 18.5 Å². The monoisotopic (exact) mass is 384 g/mol. The molecule has 2 N–H and O–H groups in total. The molecule has 7 nitrogen and oxygen atoms in total. The highest BCUT2D eigenvalue weighted by Gasteiger charge is 2.32. The van der Waals surface area contributed by atoms with Crippen molar-refractivity contribution >= 4 is 17.7 Å². The van der Waals surface area contributed by atoms with Crippen molar-refractivity contribution in [2.45, 2.75) is 40.0 Å². The number of nitrogens with zero attached hydrogens (tertiary/aromatic N) is 3. The topological polar surface area (TPSA) is 87.5 Å². The van der Waals surface area contributed by atoms with Crippen LogP contribution >= 0.6 is 0 Å². The van der Waals surface area contributed by atoms with Crippen LogP contribution in [0.5, 0.6) is 0 Å². The first kappa shape index (κ1) is 19.9. The lowest BCUT2D eigenvalue weighted by Gasteiger charge is -2.34. The van der Waals surface area contributed by atoms with Crippen molar-refractivity contribution in [1.82, 2.24) is 14.7 Å². The fourth-order valence-electron chi connectivity index (χ4n) is 3.85. The van der Waals surface area contributed by atoms with Crippen molar-refractivity contribution in [3.63, 3.8) is 0 Å². The number of piperidine rings is 1. The van der Waals surface area contributed by atoms with Crippen LogP contribution in [0, 0.1) is 18.8 Å². The number of aromatic nitrogens is 2. The number of urea groups is 1. The summed E-state index contributed by atoms with van der Waals surface area (Å²) >= 11 is 0. The van der Waals surface area contributed by atoms with Crippen molar-refractivity contribution in [1.29, 1.82) is 0 Å². The Morgan fingerprint density at radius 3 is 2.71 bits per heavy atom. The molecule has 0 radical (unpaired) electrons. The number of likely N-dealkylation sites (tertiary alicyclic amines) is 1. The summed E-state index contributed by atoms with van der Waals surface area (Å²) in [7, 11) is 0. The molecule has 2 unspecified atom stereocenters. The van der Waals surface area contributed by atoms with E-state index in [1.54, 1.807) is 11.1 Å². The van der Waals surface area contributed by atoms with E-state index in [9.17, 15) is 14.7 Å². The lowest BCUT2D eigenvalue weighted by molar-refractivity contribution is -0.143. The third-order valence-electron chi connectivity index (χ3n) is 5.24. The Labute approximate surface area is 165 Å². The summed E-state index contributed by atoms with van der Waals surface area (Å²) in [6.07, 6.45) is 3.98. The molecule has 150 valence electrons. The van der Waals surface area contributed by atoms with Crippen molar-refractivity contribution in [3.8, 4) is 5.69 Å². The van der Waals surface area contributed by atoms with Gasteiger partial charge in [0.1, 0.15) is 0 Å². The predicted molar refractivity (Wildman–Crippen MR) is 108 cm³/mol. The smallest absolute Gasteiger partial charge is 0.321 e. The summed E-state index contributed by atoms with van der Waals surface area (Å²) in [6.45, 7) is 6.90. The van der Waals surface area contributed by atoms with Gasteiger partial charge < -0.3 is 15.3 Å². The molecule has 2 amide bonds. The maximum absolute atomic E-state index is 12.8. The number of carbonyl (C=O) groups is 2. The molecule has 1 saturated heterocycles. The molecule has 2 atom stereocenters. The van der Waals surface area contributed by atoms with Gasteiger partial charge in [0.2, 0.25) is 0 Å². The van der Waals surface area contributed by atoms with E-state index in [0.29, 0.717) is 18.7 Å². The van der Waals surface area contributed by atoms with Crippen LogP contribution in [0.2, 0.25) is 0 Å². The number of amides is 2. The molecule has 2 aromatic rings. The minimum atomic E-state index is -0.844. The second-order valence-electron chi connectivity index (χ2n) is 7.66. The van der Waals surface area contributed by atoms with Gasteiger partial charge in [0.25, 0.3) is 0 Å². The number of hydrogen-bond donors (Lipinski definition) is 2. The molecule has 28 heavy (non-hydrogen) atoms. The van der Waals surface area contributed by atoms with Crippen LogP contribution in [0.3, 0.4) is 0 Å². The van der Waals surface area contributed by atoms with Gasteiger partial charge in [-0.1, -0.05) is 38.5 Å². The molecule has 3 rings (SSSR count).